The third-order valence-electron chi connectivity index (χ3n) is 3.33. The lowest BCUT2D eigenvalue weighted by Gasteiger charge is -2.26. The Hall–Kier alpha value is -2.21. The SMILES string of the molecule is CCOC(O)C(NC(=O)OC(C)(C)C)c1ccc(OC(=O)CCS(=O)(=O)O)cc1. The number of hydrogen-bond acceptors (Lipinski definition) is 8. The molecule has 0 saturated carbocycles. The van der Waals surface area contributed by atoms with E-state index in [9.17, 15) is 23.1 Å². The Kier molecular flexibility index (Phi) is 9.02. The minimum Gasteiger partial charge on any atom is -0.444 e. The number of aliphatic hydroxyl groups is 1. The minimum absolute atomic E-state index is 0.121. The highest BCUT2D eigenvalue weighted by molar-refractivity contribution is 7.85. The van der Waals surface area contributed by atoms with Crippen molar-refractivity contribution in [3.63, 3.8) is 0 Å². The van der Waals surface area contributed by atoms with Crippen LogP contribution in [0.5, 0.6) is 5.75 Å². The molecule has 0 saturated heterocycles. The van der Waals surface area contributed by atoms with Gasteiger partial charge in [-0.05, 0) is 45.4 Å². The van der Waals surface area contributed by atoms with Crippen LogP contribution in [0, 0.1) is 0 Å². The molecule has 1 amide bonds. The van der Waals surface area contributed by atoms with Gasteiger partial charge in [-0.25, -0.2) is 4.79 Å². The van der Waals surface area contributed by atoms with Crippen molar-refractivity contribution >= 4 is 22.2 Å². The summed E-state index contributed by atoms with van der Waals surface area (Å²) in [6, 6.07) is 4.85. The van der Waals surface area contributed by atoms with Gasteiger partial charge in [0.25, 0.3) is 10.1 Å². The molecular formula is C18H27NO9S. The highest BCUT2D eigenvalue weighted by Gasteiger charge is 2.26. The molecule has 2 unspecified atom stereocenters. The first-order valence-corrected chi connectivity index (χ1v) is 10.5. The number of esters is 1. The van der Waals surface area contributed by atoms with Crippen LogP contribution >= 0.6 is 0 Å². The summed E-state index contributed by atoms with van der Waals surface area (Å²) in [5.74, 6) is -1.46. The molecule has 0 fully saturated rings. The molecule has 0 radical (unpaired) electrons. The number of aliphatic hydroxyl groups excluding tert-OH is 1. The molecule has 3 N–H and O–H groups in total. The van der Waals surface area contributed by atoms with Crippen LogP contribution in [-0.4, -0.2) is 54.4 Å². The van der Waals surface area contributed by atoms with Gasteiger partial charge in [-0.2, -0.15) is 8.42 Å². The third kappa shape index (κ3) is 10.2. The predicted molar refractivity (Wildman–Crippen MR) is 103 cm³/mol. The molecule has 29 heavy (non-hydrogen) atoms. The molecule has 10 nitrogen and oxygen atoms in total. The number of benzene rings is 1. The molecule has 1 aromatic carbocycles. The van der Waals surface area contributed by atoms with Crippen LogP contribution in [0.1, 0.15) is 45.7 Å². The predicted octanol–water partition coefficient (Wildman–Crippen LogP) is 1.79. The van der Waals surface area contributed by atoms with Gasteiger partial charge in [0.15, 0.2) is 6.29 Å². The molecule has 0 aromatic heterocycles. The first-order chi connectivity index (χ1) is 13.3. The maximum Gasteiger partial charge on any atom is 0.408 e. The first kappa shape index (κ1) is 24.8. The van der Waals surface area contributed by atoms with E-state index in [0.717, 1.165) is 0 Å². The van der Waals surface area contributed by atoms with Crippen molar-refractivity contribution in [1.82, 2.24) is 5.32 Å². The molecule has 164 valence electrons. The number of amides is 1. The second kappa shape index (κ2) is 10.5. The second-order valence-electron chi connectivity index (χ2n) is 7.05. The van der Waals surface area contributed by atoms with E-state index in [1.807, 2.05) is 0 Å². The molecule has 2 atom stereocenters. The van der Waals surface area contributed by atoms with E-state index in [4.69, 9.17) is 18.8 Å². The van der Waals surface area contributed by atoms with Gasteiger partial charge in [0.2, 0.25) is 0 Å². The van der Waals surface area contributed by atoms with Crippen molar-refractivity contribution in [2.24, 2.45) is 0 Å². The van der Waals surface area contributed by atoms with Crippen molar-refractivity contribution in [3.8, 4) is 5.75 Å². The maximum absolute atomic E-state index is 12.1. The van der Waals surface area contributed by atoms with Crippen LogP contribution in [0.25, 0.3) is 0 Å². The largest absolute Gasteiger partial charge is 0.444 e. The Morgan fingerprint density at radius 1 is 1.17 bits per heavy atom. The number of nitrogens with one attached hydrogen (secondary N) is 1. The van der Waals surface area contributed by atoms with E-state index in [2.05, 4.69) is 5.32 Å². The quantitative estimate of drug-likeness (QED) is 0.229. The summed E-state index contributed by atoms with van der Waals surface area (Å²) < 4.78 is 45.3. The van der Waals surface area contributed by atoms with Crippen LogP contribution in [0.3, 0.4) is 0 Å². The molecule has 11 heteroatoms. The van der Waals surface area contributed by atoms with Gasteiger partial charge in [0.05, 0.1) is 12.2 Å². The van der Waals surface area contributed by atoms with Crippen molar-refractivity contribution in [2.45, 2.75) is 52.0 Å². The number of hydrogen-bond donors (Lipinski definition) is 3. The Morgan fingerprint density at radius 2 is 1.76 bits per heavy atom. The number of rotatable bonds is 9. The van der Waals surface area contributed by atoms with E-state index in [1.165, 1.54) is 24.3 Å². The van der Waals surface area contributed by atoms with Gasteiger partial charge in [-0.15, -0.1) is 0 Å². The molecule has 0 aliphatic rings. The number of ether oxygens (including phenoxy) is 3. The Morgan fingerprint density at radius 3 is 2.24 bits per heavy atom. The Labute approximate surface area is 169 Å². The van der Waals surface area contributed by atoms with E-state index >= 15 is 0 Å². The van der Waals surface area contributed by atoms with Crippen molar-refractivity contribution in [2.75, 3.05) is 12.4 Å². The van der Waals surface area contributed by atoms with Crippen LogP contribution in [-0.2, 0) is 24.4 Å². The average Bonchev–Trinajstić information content (AvgIpc) is 2.57. The Bertz CT molecular complexity index is 785. The summed E-state index contributed by atoms with van der Waals surface area (Å²) in [6.07, 6.45) is -2.61. The monoisotopic (exact) mass is 433 g/mol. The van der Waals surface area contributed by atoms with E-state index in [0.29, 0.717) is 5.56 Å². The number of carbonyl (C=O) groups is 2. The lowest BCUT2D eigenvalue weighted by molar-refractivity contribution is -0.134. The van der Waals surface area contributed by atoms with E-state index in [1.54, 1.807) is 27.7 Å². The van der Waals surface area contributed by atoms with Crippen molar-refractivity contribution in [3.05, 3.63) is 29.8 Å². The fourth-order valence-corrected chi connectivity index (χ4v) is 2.58. The van der Waals surface area contributed by atoms with Crippen LogP contribution in [0.15, 0.2) is 24.3 Å². The highest BCUT2D eigenvalue weighted by atomic mass is 32.2. The minimum atomic E-state index is -4.26. The first-order valence-electron chi connectivity index (χ1n) is 8.85. The molecule has 0 aliphatic carbocycles. The summed E-state index contributed by atoms with van der Waals surface area (Å²) in [5.41, 5.74) is -0.278. The summed E-state index contributed by atoms with van der Waals surface area (Å²) in [6.45, 7) is 6.99. The Balaban J connectivity index is 2.86. The van der Waals surface area contributed by atoms with Gasteiger partial charge < -0.3 is 24.6 Å². The zero-order valence-corrected chi connectivity index (χ0v) is 17.6. The zero-order valence-electron chi connectivity index (χ0n) is 16.7. The topological polar surface area (TPSA) is 148 Å². The molecule has 0 heterocycles. The van der Waals surface area contributed by atoms with Crippen molar-refractivity contribution < 1.29 is 41.9 Å². The highest BCUT2D eigenvalue weighted by Crippen LogP contribution is 2.22. The average molecular weight is 433 g/mol. The standard InChI is InChI=1S/C18H27NO9S/c1-5-26-16(21)15(19-17(22)28-18(2,3)4)12-6-8-13(9-7-12)27-14(20)10-11-29(23,24)25/h6-9,15-16,21H,5,10-11H2,1-4H3,(H,19,22)(H,23,24,25). The fraction of sp³-hybridized carbons (Fsp3) is 0.556. The van der Waals surface area contributed by atoms with Gasteiger partial charge in [-0.3, -0.25) is 9.35 Å². The second-order valence-corrected chi connectivity index (χ2v) is 8.62. The lowest BCUT2D eigenvalue weighted by Crippen LogP contribution is -2.40. The summed E-state index contributed by atoms with van der Waals surface area (Å²) >= 11 is 0. The van der Waals surface area contributed by atoms with Crippen LogP contribution in [0.2, 0.25) is 0 Å². The van der Waals surface area contributed by atoms with Crippen LogP contribution < -0.4 is 10.1 Å². The summed E-state index contributed by atoms with van der Waals surface area (Å²) in [7, 11) is -4.26. The zero-order chi connectivity index (χ0) is 22.2. The third-order valence-corrected chi connectivity index (χ3v) is 4.05. The molecule has 0 aliphatic heterocycles. The normalized spacial score (nSPS) is 14.0. The maximum atomic E-state index is 12.1. The lowest BCUT2D eigenvalue weighted by atomic mass is 10.1. The summed E-state index contributed by atoms with van der Waals surface area (Å²) in [5, 5.41) is 12.7. The molecular weight excluding hydrogens is 406 g/mol. The molecule has 0 spiro atoms. The van der Waals surface area contributed by atoms with Gasteiger partial charge in [0.1, 0.15) is 17.4 Å². The van der Waals surface area contributed by atoms with E-state index in [-0.39, 0.29) is 12.4 Å². The fourth-order valence-electron chi connectivity index (χ4n) is 2.16. The van der Waals surface area contributed by atoms with Crippen LogP contribution in [0.4, 0.5) is 4.79 Å². The summed E-state index contributed by atoms with van der Waals surface area (Å²) in [4.78, 5) is 23.7. The molecule has 0 bridgehead atoms. The van der Waals surface area contributed by atoms with Gasteiger partial charge >= 0.3 is 12.1 Å². The smallest absolute Gasteiger partial charge is 0.408 e. The number of carbonyl (C=O) groups excluding carboxylic acids is 2. The van der Waals surface area contributed by atoms with Crippen molar-refractivity contribution in [1.29, 1.82) is 0 Å². The van der Waals surface area contributed by atoms with E-state index < -0.39 is 52.3 Å². The molecule has 1 aromatic rings. The van der Waals surface area contributed by atoms with Gasteiger partial charge in [-0.1, -0.05) is 12.1 Å². The molecule has 1 rings (SSSR count). The number of alkyl carbamates (subject to hydrolysis) is 1. The van der Waals surface area contributed by atoms with Gasteiger partial charge in [0, 0.05) is 6.61 Å².